The second kappa shape index (κ2) is 6.83. The maximum absolute atomic E-state index is 13.8. The van der Waals surface area contributed by atoms with Crippen molar-refractivity contribution in [1.29, 1.82) is 0 Å². The molecule has 21 heavy (non-hydrogen) atoms. The molecule has 5 nitrogen and oxygen atoms in total. The molecule has 3 rings (SSSR count). The Morgan fingerprint density at radius 1 is 1.48 bits per heavy atom. The van der Waals surface area contributed by atoms with Crippen LogP contribution in [-0.4, -0.2) is 41.7 Å². The molecule has 0 amide bonds. The fourth-order valence-electron chi connectivity index (χ4n) is 2.24. The van der Waals surface area contributed by atoms with Crippen LogP contribution in [0.3, 0.4) is 0 Å². The average Bonchev–Trinajstić information content (AvgIpc) is 2.91. The van der Waals surface area contributed by atoms with Gasteiger partial charge in [-0.15, -0.1) is 12.4 Å². The highest BCUT2D eigenvalue weighted by Crippen LogP contribution is 2.27. The van der Waals surface area contributed by atoms with Gasteiger partial charge in [-0.25, -0.2) is 4.39 Å². The van der Waals surface area contributed by atoms with E-state index in [1.54, 1.807) is 12.1 Å². The van der Waals surface area contributed by atoms with E-state index in [2.05, 4.69) is 36.3 Å². The van der Waals surface area contributed by atoms with E-state index in [0.29, 0.717) is 11.4 Å². The predicted molar refractivity (Wildman–Crippen MR) is 82.9 cm³/mol. The molecule has 0 spiro atoms. The smallest absolute Gasteiger partial charge is 0.260 e. The number of rotatable bonds is 2. The minimum atomic E-state index is -0.376. The van der Waals surface area contributed by atoms with Crippen molar-refractivity contribution < 1.29 is 8.91 Å². The zero-order valence-electron chi connectivity index (χ0n) is 11.3. The molecule has 8 heteroatoms. The average molecular weight is 378 g/mol. The molecule has 1 atom stereocenters. The quantitative estimate of drug-likeness (QED) is 0.872. The summed E-state index contributed by atoms with van der Waals surface area (Å²) in [5, 5.41) is 7.28. The summed E-state index contributed by atoms with van der Waals surface area (Å²) >= 11 is 3.31. The van der Waals surface area contributed by atoms with E-state index >= 15 is 0 Å². The van der Waals surface area contributed by atoms with Crippen LogP contribution in [0.2, 0.25) is 0 Å². The first-order valence-corrected chi connectivity index (χ1v) is 7.14. The third-order valence-electron chi connectivity index (χ3n) is 3.41. The van der Waals surface area contributed by atoms with Crippen LogP contribution >= 0.6 is 28.3 Å². The van der Waals surface area contributed by atoms with Crippen LogP contribution in [0.25, 0.3) is 11.5 Å². The molecule has 1 fully saturated rings. The first kappa shape index (κ1) is 16.4. The Morgan fingerprint density at radius 2 is 2.29 bits per heavy atom. The van der Waals surface area contributed by atoms with E-state index in [4.69, 9.17) is 4.52 Å². The van der Waals surface area contributed by atoms with Gasteiger partial charge in [0.25, 0.3) is 5.89 Å². The molecule has 2 aromatic rings. The molecule has 1 aliphatic heterocycles. The Kier molecular flexibility index (Phi) is 5.32. The minimum Gasteiger partial charge on any atom is -0.334 e. The number of benzene rings is 1. The fourth-order valence-corrected chi connectivity index (χ4v) is 2.60. The summed E-state index contributed by atoms with van der Waals surface area (Å²) in [6, 6.07) is 4.69. The summed E-state index contributed by atoms with van der Waals surface area (Å²) in [4.78, 5) is 6.49. The van der Waals surface area contributed by atoms with Crippen molar-refractivity contribution in [3.63, 3.8) is 0 Å². The van der Waals surface area contributed by atoms with E-state index in [1.165, 1.54) is 6.07 Å². The Bertz CT molecular complexity index is 624. The summed E-state index contributed by atoms with van der Waals surface area (Å²) in [7, 11) is 2.02. The normalized spacial score (nSPS) is 19.3. The molecule has 1 saturated heterocycles. The number of nitrogens with zero attached hydrogens (tertiary/aromatic N) is 3. The molecule has 114 valence electrons. The Morgan fingerprint density at radius 3 is 3.05 bits per heavy atom. The minimum absolute atomic E-state index is 0. The topological polar surface area (TPSA) is 54.2 Å². The van der Waals surface area contributed by atoms with Crippen molar-refractivity contribution in [2.24, 2.45) is 0 Å². The standard InChI is InChI=1S/C13H14BrFN4O.ClH/c1-19-5-4-16-7-11(19)12-17-13(20-18-12)9-6-8(14)2-3-10(9)15;/h2-3,6,11,16H,4-5,7H2,1H3;1H. The molecule has 1 aromatic heterocycles. The van der Waals surface area contributed by atoms with Gasteiger partial charge >= 0.3 is 0 Å². The Hall–Kier alpha value is -1.02. The molecular weight excluding hydrogens is 363 g/mol. The highest BCUT2D eigenvalue weighted by atomic mass is 79.9. The highest BCUT2D eigenvalue weighted by Gasteiger charge is 2.26. The van der Waals surface area contributed by atoms with Crippen molar-refractivity contribution in [2.75, 3.05) is 26.7 Å². The lowest BCUT2D eigenvalue weighted by atomic mass is 10.2. The van der Waals surface area contributed by atoms with Crippen LogP contribution in [0.15, 0.2) is 27.2 Å². The number of halogens is 3. The van der Waals surface area contributed by atoms with Gasteiger partial charge in [0.15, 0.2) is 5.82 Å². The number of hydrogen-bond donors (Lipinski definition) is 1. The molecule has 1 aromatic carbocycles. The van der Waals surface area contributed by atoms with Gasteiger partial charge < -0.3 is 9.84 Å². The lowest BCUT2D eigenvalue weighted by molar-refractivity contribution is 0.190. The Labute approximate surface area is 136 Å². The maximum atomic E-state index is 13.8. The third-order valence-corrected chi connectivity index (χ3v) is 3.90. The number of piperazine rings is 1. The van der Waals surface area contributed by atoms with Crippen molar-refractivity contribution >= 4 is 28.3 Å². The summed E-state index contributed by atoms with van der Waals surface area (Å²) < 4.78 is 19.8. The lowest BCUT2D eigenvalue weighted by Crippen LogP contribution is -2.44. The largest absolute Gasteiger partial charge is 0.334 e. The van der Waals surface area contributed by atoms with Crippen LogP contribution in [0.1, 0.15) is 11.9 Å². The van der Waals surface area contributed by atoms with Crippen molar-refractivity contribution in [3.8, 4) is 11.5 Å². The van der Waals surface area contributed by atoms with E-state index in [1.807, 2.05) is 7.05 Å². The van der Waals surface area contributed by atoms with Crippen molar-refractivity contribution in [1.82, 2.24) is 20.4 Å². The maximum Gasteiger partial charge on any atom is 0.260 e. The van der Waals surface area contributed by atoms with Crippen LogP contribution in [0, 0.1) is 5.82 Å². The zero-order chi connectivity index (χ0) is 14.1. The SMILES string of the molecule is CN1CCNCC1c1noc(-c2cc(Br)ccc2F)n1.Cl. The summed E-state index contributed by atoms with van der Waals surface area (Å²) in [6.45, 7) is 2.62. The molecule has 2 heterocycles. The van der Waals surface area contributed by atoms with Gasteiger partial charge in [0.05, 0.1) is 11.6 Å². The first-order valence-electron chi connectivity index (χ1n) is 6.35. The van der Waals surface area contributed by atoms with E-state index < -0.39 is 0 Å². The van der Waals surface area contributed by atoms with Gasteiger partial charge in [0.1, 0.15) is 5.82 Å². The molecule has 0 saturated carbocycles. The van der Waals surface area contributed by atoms with Crippen LogP contribution < -0.4 is 5.32 Å². The molecule has 0 aliphatic carbocycles. The van der Waals surface area contributed by atoms with Gasteiger partial charge in [-0.3, -0.25) is 4.90 Å². The van der Waals surface area contributed by atoms with Gasteiger partial charge in [-0.2, -0.15) is 4.98 Å². The second-order valence-corrected chi connectivity index (χ2v) is 5.70. The van der Waals surface area contributed by atoms with E-state index in [-0.39, 0.29) is 30.2 Å². The van der Waals surface area contributed by atoms with E-state index in [9.17, 15) is 4.39 Å². The summed E-state index contributed by atoms with van der Waals surface area (Å²) in [5.41, 5.74) is 0.310. The molecule has 0 bridgehead atoms. The van der Waals surface area contributed by atoms with Gasteiger partial charge in [-0.05, 0) is 25.2 Å². The number of aromatic nitrogens is 2. The highest BCUT2D eigenvalue weighted by molar-refractivity contribution is 9.10. The molecule has 1 aliphatic rings. The van der Waals surface area contributed by atoms with Crippen LogP contribution in [0.5, 0.6) is 0 Å². The molecular formula is C13H15BrClFN4O. The Balaban J connectivity index is 0.00000161. The molecule has 1 N–H and O–H groups in total. The first-order chi connectivity index (χ1) is 9.65. The number of hydrogen-bond acceptors (Lipinski definition) is 5. The summed E-state index contributed by atoms with van der Waals surface area (Å²) in [5.74, 6) is 0.408. The summed E-state index contributed by atoms with van der Waals surface area (Å²) in [6.07, 6.45) is 0. The molecule has 1 unspecified atom stereocenters. The van der Waals surface area contributed by atoms with Crippen LogP contribution in [-0.2, 0) is 0 Å². The number of likely N-dealkylation sites (N-methyl/N-ethyl adjacent to an activating group) is 1. The number of nitrogens with one attached hydrogen (secondary N) is 1. The van der Waals surface area contributed by atoms with Crippen LogP contribution in [0.4, 0.5) is 4.39 Å². The van der Waals surface area contributed by atoms with Crippen molar-refractivity contribution in [3.05, 3.63) is 34.3 Å². The van der Waals surface area contributed by atoms with Gasteiger partial charge in [0, 0.05) is 24.1 Å². The fraction of sp³-hybridized carbons (Fsp3) is 0.385. The second-order valence-electron chi connectivity index (χ2n) is 4.78. The predicted octanol–water partition coefficient (Wildman–Crippen LogP) is 2.64. The third kappa shape index (κ3) is 3.42. The van der Waals surface area contributed by atoms with Gasteiger partial charge in [-0.1, -0.05) is 21.1 Å². The van der Waals surface area contributed by atoms with Gasteiger partial charge in [0.2, 0.25) is 0 Å². The molecule has 0 radical (unpaired) electrons. The monoisotopic (exact) mass is 376 g/mol. The van der Waals surface area contributed by atoms with E-state index in [0.717, 1.165) is 24.1 Å². The van der Waals surface area contributed by atoms with Crippen molar-refractivity contribution in [2.45, 2.75) is 6.04 Å². The zero-order valence-corrected chi connectivity index (χ0v) is 13.7. The lowest BCUT2D eigenvalue weighted by Gasteiger charge is -2.30.